The van der Waals surface area contributed by atoms with Gasteiger partial charge in [0.1, 0.15) is 0 Å². The lowest BCUT2D eigenvalue weighted by Crippen LogP contribution is -2.31. The molecule has 0 aliphatic rings. The Balaban J connectivity index is 4.51. The van der Waals surface area contributed by atoms with E-state index in [1.807, 2.05) is 0 Å². The zero-order valence-corrected chi connectivity index (χ0v) is 13.2. The summed E-state index contributed by atoms with van der Waals surface area (Å²) in [6.07, 6.45) is 10.8. The molecule has 0 spiro atoms. The summed E-state index contributed by atoms with van der Waals surface area (Å²) in [4.78, 5) is 18.5. The van der Waals surface area contributed by atoms with E-state index in [2.05, 4.69) is 20.8 Å². The average molecular weight is 278 g/mol. The van der Waals surface area contributed by atoms with Gasteiger partial charge in [-0.3, -0.25) is 0 Å². The molecule has 0 atom stereocenters. The molecule has 0 aromatic rings. The van der Waals surface area contributed by atoms with Crippen LogP contribution in [0.2, 0.25) is 0 Å². The molecule has 0 aliphatic carbocycles. The number of rotatable bonds is 12. The second-order valence-corrected chi connectivity index (χ2v) is 5.88. The normalized spacial score (nSPS) is 12.3. The fourth-order valence-corrected chi connectivity index (χ4v) is 3.00. The summed E-state index contributed by atoms with van der Waals surface area (Å²) in [5, 5.41) is 0. The van der Waals surface area contributed by atoms with Crippen LogP contribution in [0.25, 0.3) is 0 Å². The van der Waals surface area contributed by atoms with Gasteiger partial charge >= 0.3 is 8.60 Å². The van der Waals surface area contributed by atoms with Crippen LogP contribution in [-0.4, -0.2) is 15.4 Å². The van der Waals surface area contributed by atoms with Crippen LogP contribution in [0.5, 0.6) is 0 Å². The van der Waals surface area contributed by atoms with Gasteiger partial charge in [-0.25, -0.2) is 0 Å². The van der Waals surface area contributed by atoms with Crippen molar-refractivity contribution < 1.29 is 14.3 Å². The molecule has 0 fully saturated rings. The maximum absolute atomic E-state index is 9.24. The van der Waals surface area contributed by atoms with Crippen LogP contribution in [-0.2, 0) is 4.52 Å². The van der Waals surface area contributed by atoms with E-state index in [1.165, 1.54) is 12.8 Å². The van der Waals surface area contributed by atoms with Crippen molar-refractivity contribution in [2.24, 2.45) is 0 Å². The Morgan fingerprint density at radius 1 is 0.778 bits per heavy atom. The third kappa shape index (κ3) is 8.42. The van der Waals surface area contributed by atoms with E-state index in [0.717, 1.165) is 51.4 Å². The first-order valence-corrected chi connectivity index (χ1v) is 8.63. The highest BCUT2D eigenvalue weighted by Gasteiger charge is 2.32. The zero-order valence-electron chi connectivity index (χ0n) is 12.3. The smallest absolute Gasteiger partial charge is 0.327 e. The van der Waals surface area contributed by atoms with Crippen molar-refractivity contribution in [1.82, 2.24) is 0 Å². The van der Waals surface area contributed by atoms with Crippen molar-refractivity contribution in [3.05, 3.63) is 0 Å². The fraction of sp³-hybridized carbons (Fsp3) is 1.00. The molecule has 2 N–H and O–H groups in total. The molecular formula is C14H31O3P. The first-order valence-electron chi connectivity index (χ1n) is 7.47. The van der Waals surface area contributed by atoms with E-state index < -0.39 is 8.60 Å². The number of unbranched alkanes of at least 4 members (excludes halogenated alkanes) is 4. The third-order valence-corrected chi connectivity index (χ3v) is 4.03. The van der Waals surface area contributed by atoms with Crippen LogP contribution in [0, 0.1) is 0 Å². The summed E-state index contributed by atoms with van der Waals surface area (Å²) in [6.45, 7) is 6.51. The van der Waals surface area contributed by atoms with Crippen LogP contribution in [0.4, 0.5) is 0 Å². The van der Waals surface area contributed by atoms with Gasteiger partial charge in [-0.2, -0.15) is 0 Å². The number of hydrogen-bond acceptors (Lipinski definition) is 3. The van der Waals surface area contributed by atoms with Crippen molar-refractivity contribution in [2.75, 3.05) is 0 Å². The average Bonchev–Trinajstić information content (AvgIpc) is 2.33. The van der Waals surface area contributed by atoms with Gasteiger partial charge < -0.3 is 14.3 Å². The topological polar surface area (TPSA) is 49.7 Å². The van der Waals surface area contributed by atoms with Gasteiger partial charge in [0.25, 0.3) is 0 Å². The van der Waals surface area contributed by atoms with Gasteiger partial charge in [0, 0.05) is 0 Å². The molecule has 0 aromatic carbocycles. The van der Waals surface area contributed by atoms with E-state index in [1.54, 1.807) is 0 Å². The zero-order chi connectivity index (χ0) is 13.9. The van der Waals surface area contributed by atoms with E-state index in [-0.39, 0.29) is 5.60 Å². The minimum absolute atomic E-state index is 0.295. The Morgan fingerprint density at radius 2 is 1.22 bits per heavy atom. The maximum atomic E-state index is 9.24. The Morgan fingerprint density at radius 3 is 1.61 bits per heavy atom. The first kappa shape index (κ1) is 18.3. The van der Waals surface area contributed by atoms with E-state index >= 15 is 0 Å². The van der Waals surface area contributed by atoms with E-state index in [4.69, 9.17) is 4.52 Å². The van der Waals surface area contributed by atoms with Crippen molar-refractivity contribution in [3.63, 3.8) is 0 Å². The molecule has 0 radical (unpaired) electrons. The molecule has 0 unspecified atom stereocenters. The largest absolute Gasteiger partial charge is 0.328 e. The minimum atomic E-state index is -2.24. The molecule has 18 heavy (non-hydrogen) atoms. The predicted octanol–water partition coefficient (Wildman–Crippen LogP) is 4.91. The second kappa shape index (κ2) is 11.2. The van der Waals surface area contributed by atoms with Gasteiger partial charge in [-0.1, -0.05) is 65.7 Å². The molecule has 4 heteroatoms. The van der Waals surface area contributed by atoms with Crippen LogP contribution in [0.3, 0.4) is 0 Å². The highest BCUT2D eigenvalue weighted by molar-refractivity contribution is 7.39. The molecular weight excluding hydrogens is 247 g/mol. The molecule has 0 aliphatic heterocycles. The molecule has 0 rings (SSSR count). The van der Waals surface area contributed by atoms with Gasteiger partial charge in [0.2, 0.25) is 0 Å². The molecule has 0 bridgehead atoms. The predicted molar refractivity (Wildman–Crippen MR) is 78.4 cm³/mol. The van der Waals surface area contributed by atoms with E-state index in [0.29, 0.717) is 0 Å². The Bertz CT molecular complexity index is 178. The van der Waals surface area contributed by atoms with Crippen molar-refractivity contribution in [3.8, 4) is 0 Å². The minimum Gasteiger partial charge on any atom is -0.328 e. The Kier molecular flexibility index (Phi) is 11.4. The van der Waals surface area contributed by atoms with Gasteiger partial charge in [0.15, 0.2) is 0 Å². The summed E-state index contributed by atoms with van der Waals surface area (Å²) < 4.78 is 5.56. The monoisotopic (exact) mass is 278 g/mol. The summed E-state index contributed by atoms with van der Waals surface area (Å²) in [5.41, 5.74) is -0.295. The van der Waals surface area contributed by atoms with Crippen LogP contribution < -0.4 is 0 Å². The summed E-state index contributed by atoms with van der Waals surface area (Å²) >= 11 is 0. The lowest BCUT2D eigenvalue weighted by molar-refractivity contribution is 0.0229. The summed E-state index contributed by atoms with van der Waals surface area (Å²) in [6, 6.07) is 0. The van der Waals surface area contributed by atoms with Crippen LogP contribution in [0.1, 0.15) is 85.0 Å². The van der Waals surface area contributed by atoms with E-state index in [9.17, 15) is 9.79 Å². The van der Waals surface area contributed by atoms with Crippen molar-refractivity contribution in [1.29, 1.82) is 0 Å². The summed E-state index contributed by atoms with van der Waals surface area (Å²) in [7, 11) is -2.24. The Hall–Kier alpha value is 0.310. The highest BCUT2D eigenvalue weighted by Crippen LogP contribution is 2.41. The van der Waals surface area contributed by atoms with Crippen molar-refractivity contribution >= 4 is 8.60 Å². The second-order valence-electron chi connectivity index (χ2n) is 5.19. The fourth-order valence-electron chi connectivity index (χ4n) is 2.38. The lowest BCUT2D eigenvalue weighted by atomic mass is 9.86. The third-order valence-electron chi connectivity index (χ3n) is 3.48. The maximum Gasteiger partial charge on any atom is 0.327 e. The molecule has 0 heterocycles. The highest BCUT2D eigenvalue weighted by atomic mass is 31.2. The molecule has 0 amide bonds. The molecule has 110 valence electrons. The first-order chi connectivity index (χ1) is 8.60. The van der Waals surface area contributed by atoms with Gasteiger partial charge in [-0.15, -0.1) is 0 Å². The number of hydrogen-bond donors (Lipinski definition) is 2. The lowest BCUT2D eigenvalue weighted by Gasteiger charge is -2.34. The quantitative estimate of drug-likeness (QED) is 0.394. The summed E-state index contributed by atoms with van der Waals surface area (Å²) in [5.74, 6) is 0. The standard InChI is InChI=1S/C14H31O3P/c1-4-7-10-13-14(11-8-5-2,12-9-6-3)17-18(15)16/h15-16H,4-13H2,1-3H3. The molecule has 0 aromatic heterocycles. The van der Waals surface area contributed by atoms with Gasteiger partial charge in [0.05, 0.1) is 5.60 Å². The molecule has 0 saturated carbocycles. The van der Waals surface area contributed by atoms with Gasteiger partial charge in [-0.05, 0) is 19.3 Å². The molecule has 3 nitrogen and oxygen atoms in total. The SMILES string of the molecule is CCCCCC(CCCC)(CCCC)OP(O)O. The molecule has 0 saturated heterocycles. The van der Waals surface area contributed by atoms with Crippen LogP contribution in [0.15, 0.2) is 0 Å². The van der Waals surface area contributed by atoms with Crippen molar-refractivity contribution in [2.45, 2.75) is 90.6 Å². The van der Waals surface area contributed by atoms with Crippen LogP contribution >= 0.6 is 8.60 Å². The Labute approximate surface area is 114 Å².